The van der Waals surface area contributed by atoms with Gasteiger partial charge in [0.25, 0.3) is 0 Å². The molecule has 0 spiro atoms. The van der Waals surface area contributed by atoms with Crippen molar-refractivity contribution in [3.05, 3.63) is 101 Å². The zero-order valence-electron chi connectivity index (χ0n) is 14.4. The molecular weight excluding hydrogens is 364 g/mol. The second-order valence-corrected chi connectivity index (χ2v) is 6.20. The summed E-state index contributed by atoms with van der Waals surface area (Å²) < 4.78 is 10.7. The molecule has 3 aromatic carbocycles. The van der Waals surface area contributed by atoms with E-state index in [1.165, 1.54) is 6.07 Å². The first-order chi connectivity index (χ1) is 13.1. The van der Waals surface area contributed by atoms with Crippen LogP contribution >= 0.6 is 11.6 Å². The van der Waals surface area contributed by atoms with Crippen molar-refractivity contribution in [1.29, 1.82) is 0 Å². The van der Waals surface area contributed by atoms with Crippen LogP contribution in [0.2, 0.25) is 5.02 Å². The minimum absolute atomic E-state index is 0.146. The smallest absolute Gasteiger partial charge is 0.343 e. The van der Waals surface area contributed by atoms with Gasteiger partial charge in [-0.1, -0.05) is 60.1 Å². The molecule has 136 valence electrons. The summed E-state index contributed by atoms with van der Waals surface area (Å²) in [6, 6.07) is 22.6. The number of rotatable bonds is 6. The third-order valence-electron chi connectivity index (χ3n) is 3.84. The summed E-state index contributed by atoms with van der Waals surface area (Å²) in [6.45, 7) is 0.236. The summed E-state index contributed by atoms with van der Waals surface area (Å²) in [7, 11) is 0. The highest BCUT2D eigenvalue weighted by Gasteiger charge is 2.17. The van der Waals surface area contributed by atoms with Crippen LogP contribution in [0.25, 0.3) is 0 Å². The minimum atomic E-state index is -0.595. The van der Waals surface area contributed by atoms with E-state index < -0.39 is 11.9 Å². The summed E-state index contributed by atoms with van der Waals surface area (Å²) in [5.41, 5.74) is 1.57. The molecule has 0 fully saturated rings. The van der Waals surface area contributed by atoms with E-state index in [-0.39, 0.29) is 17.9 Å². The Kier molecular flexibility index (Phi) is 6.23. The van der Waals surface area contributed by atoms with E-state index in [2.05, 4.69) is 0 Å². The number of esters is 2. The van der Waals surface area contributed by atoms with Crippen LogP contribution in [0.1, 0.15) is 26.3 Å². The fourth-order valence-corrected chi connectivity index (χ4v) is 2.67. The Hall–Kier alpha value is -3.11. The average molecular weight is 381 g/mol. The standard InChI is InChI=1S/C22H17ClO4/c23-18-10-6-9-17(15-18)21(24)27-20-12-5-4-11-19(20)22(25)26-14-13-16-7-2-1-3-8-16/h1-12,15H,13-14H2. The monoisotopic (exact) mass is 380 g/mol. The van der Waals surface area contributed by atoms with Crippen molar-refractivity contribution in [2.75, 3.05) is 6.61 Å². The molecule has 3 rings (SSSR count). The molecule has 0 atom stereocenters. The Bertz CT molecular complexity index is 938. The lowest BCUT2D eigenvalue weighted by atomic mass is 10.1. The second kappa shape index (κ2) is 9.01. The molecule has 0 aromatic heterocycles. The molecule has 0 aliphatic rings. The number of halogens is 1. The lowest BCUT2D eigenvalue weighted by molar-refractivity contribution is 0.0504. The first-order valence-corrected chi connectivity index (χ1v) is 8.79. The van der Waals surface area contributed by atoms with Gasteiger partial charge < -0.3 is 9.47 Å². The Morgan fingerprint density at radius 1 is 0.815 bits per heavy atom. The molecule has 0 N–H and O–H groups in total. The first kappa shape index (κ1) is 18.7. The molecule has 0 aliphatic carbocycles. The molecule has 3 aromatic rings. The second-order valence-electron chi connectivity index (χ2n) is 5.77. The minimum Gasteiger partial charge on any atom is -0.462 e. The SMILES string of the molecule is O=C(Oc1ccccc1C(=O)OCCc1ccccc1)c1cccc(Cl)c1. The number of hydrogen-bond donors (Lipinski definition) is 0. The van der Waals surface area contributed by atoms with Crippen LogP contribution in [-0.2, 0) is 11.2 Å². The lowest BCUT2D eigenvalue weighted by Crippen LogP contribution is -2.14. The van der Waals surface area contributed by atoms with Crippen LogP contribution in [-0.4, -0.2) is 18.5 Å². The lowest BCUT2D eigenvalue weighted by Gasteiger charge is -2.10. The molecule has 0 aliphatic heterocycles. The van der Waals surface area contributed by atoms with Crippen LogP contribution in [0.4, 0.5) is 0 Å². The van der Waals surface area contributed by atoms with Crippen molar-refractivity contribution >= 4 is 23.5 Å². The molecule has 0 heterocycles. The van der Waals surface area contributed by atoms with Crippen LogP contribution in [0.3, 0.4) is 0 Å². The highest BCUT2D eigenvalue weighted by Crippen LogP contribution is 2.21. The van der Waals surface area contributed by atoms with Crippen LogP contribution in [0.5, 0.6) is 5.75 Å². The third-order valence-corrected chi connectivity index (χ3v) is 4.07. The molecule has 0 saturated carbocycles. The fourth-order valence-electron chi connectivity index (χ4n) is 2.48. The van der Waals surface area contributed by atoms with Gasteiger partial charge in [0.2, 0.25) is 0 Å². The van der Waals surface area contributed by atoms with Crippen molar-refractivity contribution in [1.82, 2.24) is 0 Å². The molecule has 5 heteroatoms. The molecular formula is C22H17ClO4. The van der Waals surface area contributed by atoms with Gasteiger partial charge in [0, 0.05) is 11.4 Å². The van der Waals surface area contributed by atoms with Gasteiger partial charge in [-0.2, -0.15) is 0 Å². The molecule has 0 unspecified atom stereocenters. The highest BCUT2D eigenvalue weighted by molar-refractivity contribution is 6.30. The van der Waals surface area contributed by atoms with Crippen molar-refractivity contribution in [2.24, 2.45) is 0 Å². The van der Waals surface area contributed by atoms with E-state index in [1.54, 1.807) is 42.5 Å². The zero-order chi connectivity index (χ0) is 19.1. The van der Waals surface area contributed by atoms with E-state index in [0.29, 0.717) is 17.0 Å². The van der Waals surface area contributed by atoms with E-state index in [9.17, 15) is 9.59 Å². The molecule has 0 amide bonds. The Labute approximate surface area is 162 Å². The Morgan fingerprint density at radius 3 is 2.33 bits per heavy atom. The summed E-state index contributed by atoms with van der Waals surface area (Å²) in [6.07, 6.45) is 0.608. The van der Waals surface area contributed by atoms with Gasteiger partial charge >= 0.3 is 11.9 Å². The van der Waals surface area contributed by atoms with Gasteiger partial charge in [0.1, 0.15) is 11.3 Å². The van der Waals surface area contributed by atoms with E-state index in [0.717, 1.165) is 5.56 Å². The molecule has 4 nitrogen and oxygen atoms in total. The summed E-state index contributed by atoms with van der Waals surface area (Å²) in [5, 5.41) is 0.429. The van der Waals surface area contributed by atoms with E-state index in [4.69, 9.17) is 21.1 Å². The largest absolute Gasteiger partial charge is 0.462 e. The summed E-state index contributed by atoms with van der Waals surface area (Å²) in [5.74, 6) is -0.991. The zero-order valence-corrected chi connectivity index (χ0v) is 15.2. The van der Waals surface area contributed by atoms with Gasteiger partial charge in [-0.25, -0.2) is 9.59 Å². The van der Waals surface area contributed by atoms with Crippen molar-refractivity contribution in [2.45, 2.75) is 6.42 Å². The van der Waals surface area contributed by atoms with Gasteiger partial charge in [0.15, 0.2) is 0 Å². The number of benzene rings is 3. The van der Waals surface area contributed by atoms with E-state index >= 15 is 0 Å². The van der Waals surface area contributed by atoms with Gasteiger partial charge in [-0.15, -0.1) is 0 Å². The first-order valence-electron chi connectivity index (χ1n) is 8.41. The number of carbonyl (C=O) groups excluding carboxylic acids is 2. The Balaban J connectivity index is 1.66. The van der Waals surface area contributed by atoms with Crippen LogP contribution in [0, 0.1) is 0 Å². The fraction of sp³-hybridized carbons (Fsp3) is 0.0909. The summed E-state index contributed by atoms with van der Waals surface area (Å²) in [4.78, 5) is 24.7. The maximum Gasteiger partial charge on any atom is 0.343 e. The normalized spacial score (nSPS) is 10.3. The summed E-state index contributed by atoms with van der Waals surface area (Å²) >= 11 is 5.90. The number of carbonyl (C=O) groups is 2. The number of para-hydroxylation sites is 1. The topological polar surface area (TPSA) is 52.6 Å². The maximum absolute atomic E-state index is 12.4. The molecule has 0 radical (unpaired) electrons. The quantitative estimate of drug-likeness (QED) is 0.448. The average Bonchev–Trinajstić information content (AvgIpc) is 2.69. The predicted octanol–water partition coefficient (Wildman–Crippen LogP) is 4.96. The highest BCUT2D eigenvalue weighted by atomic mass is 35.5. The van der Waals surface area contributed by atoms with Crippen molar-refractivity contribution in [3.8, 4) is 5.75 Å². The number of ether oxygens (including phenoxy) is 2. The van der Waals surface area contributed by atoms with E-state index in [1.807, 2.05) is 30.3 Å². The third kappa shape index (κ3) is 5.19. The van der Waals surface area contributed by atoms with Gasteiger partial charge in [-0.05, 0) is 35.9 Å². The van der Waals surface area contributed by atoms with Gasteiger partial charge in [-0.3, -0.25) is 0 Å². The molecule has 0 bridgehead atoms. The predicted molar refractivity (Wildman–Crippen MR) is 103 cm³/mol. The molecule has 0 saturated heterocycles. The van der Waals surface area contributed by atoms with Crippen molar-refractivity contribution < 1.29 is 19.1 Å². The molecule has 27 heavy (non-hydrogen) atoms. The van der Waals surface area contributed by atoms with Crippen LogP contribution < -0.4 is 4.74 Å². The number of hydrogen-bond acceptors (Lipinski definition) is 4. The maximum atomic E-state index is 12.4. The van der Waals surface area contributed by atoms with Gasteiger partial charge in [0.05, 0.1) is 12.2 Å². The van der Waals surface area contributed by atoms with Crippen molar-refractivity contribution in [3.63, 3.8) is 0 Å². The van der Waals surface area contributed by atoms with Crippen LogP contribution in [0.15, 0.2) is 78.9 Å². The Morgan fingerprint density at radius 2 is 1.56 bits per heavy atom.